The van der Waals surface area contributed by atoms with Crippen LogP contribution in [-0.4, -0.2) is 10.9 Å². The number of amides is 1. The number of nitrogens with zero attached hydrogens (tertiary/aromatic N) is 1. The maximum Gasteiger partial charge on any atom is 0.224 e. The van der Waals surface area contributed by atoms with Crippen molar-refractivity contribution in [1.82, 2.24) is 10.3 Å². The molecule has 1 heterocycles. The first-order valence-corrected chi connectivity index (χ1v) is 7.53. The van der Waals surface area contributed by atoms with Gasteiger partial charge in [0, 0.05) is 6.20 Å². The van der Waals surface area contributed by atoms with Gasteiger partial charge in [0.25, 0.3) is 0 Å². The van der Waals surface area contributed by atoms with E-state index in [1.54, 1.807) is 6.20 Å². The molecular formula is C18H20N2O. The summed E-state index contributed by atoms with van der Waals surface area (Å²) in [6.45, 7) is 1.96. The molecule has 0 fully saturated rings. The number of nitrogens with one attached hydrogen (secondary N) is 1. The molecule has 0 spiro atoms. The highest BCUT2D eigenvalue weighted by Gasteiger charge is 2.14. The van der Waals surface area contributed by atoms with Gasteiger partial charge < -0.3 is 5.32 Å². The average Bonchev–Trinajstić information content (AvgIpc) is 2.95. The SMILES string of the molecule is C[C@H](NC(=O)Cc1ccc2c(c1)CCC2)c1ccccn1. The predicted molar refractivity (Wildman–Crippen MR) is 83.0 cm³/mol. The van der Waals surface area contributed by atoms with Crippen LogP contribution < -0.4 is 5.32 Å². The summed E-state index contributed by atoms with van der Waals surface area (Å²) in [6, 6.07) is 12.1. The van der Waals surface area contributed by atoms with Crippen LogP contribution in [0.15, 0.2) is 42.6 Å². The highest BCUT2D eigenvalue weighted by Crippen LogP contribution is 2.23. The lowest BCUT2D eigenvalue weighted by Crippen LogP contribution is -2.28. The maximum atomic E-state index is 12.2. The second-order valence-electron chi connectivity index (χ2n) is 5.68. The molecule has 3 heteroatoms. The molecule has 21 heavy (non-hydrogen) atoms. The van der Waals surface area contributed by atoms with Gasteiger partial charge in [-0.2, -0.15) is 0 Å². The van der Waals surface area contributed by atoms with Gasteiger partial charge in [-0.3, -0.25) is 9.78 Å². The standard InChI is InChI=1S/C18H20N2O/c1-13(17-7-2-3-10-19-17)20-18(21)12-14-8-9-15-5-4-6-16(15)11-14/h2-3,7-11,13H,4-6,12H2,1H3,(H,20,21)/t13-/m0/s1. The quantitative estimate of drug-likeness (QED) is 0.935. The van der Waals surface area contributed by atoms with Crippen LogP contribution in [0.25, 0.3) is 0 Å². The molecule has 3 nitrogen and oxygen atoms in total. The van der Waals surface area contributed by atoms with Crippen molar-refractivity contribution in [3.8, 4) is 0 Å². The Balaban J connectivity index is 1.61. The summed E-state index contributed by atoms with van der Waals surface area (Å²) >= 11 is 0. The van der Waals surface area contributed by atoms with Crippen molar-refractivity contribution in [2.24, 2.45) is 0 Å². The minimum atomic E-state index is -0.0619. The molecule has 1 aliphatic rings. The van der Waals surface area contributed by atoms with E-state index in [1.807, 2.05) is 25.1 Å². The second-order valence-corrected chi connectivity index (χ2v) is 5.68. The fourth-order valence-corrected chi connectivity index (χ4v) is 2.92. The van der Waals surface area contributed by atoms with Gasteiger partial charge in [-0.05, 0) is 55.0 Å². The Kier molecular flexibility index (Phi) is 4.00. The zero-order chi connectivity index (χ0) is 14.7. The van der Waals surface area contributed by atoms with E-state index in [0.717, 1.165) is 17.7 Å². The van der Waals surface area contributed by atoms with E-state index in [9.17, 15) is 4.79 Å². The number of aromatic nitrogens is 1. The predicted octanol–water partition coefficient (Wildman–Crippen LogP) is 2.99. The number of aryl methyl sites for hydroxylation is 2. The molecule has 1 aromatic carbocycles. The summed E-state index contributed by atoms with van der Waals surface area (Å²) in [5.41, 5.74) is 4.85. The highest BCUT2D eigenvalue weighted by molar-refractivity contribution is 5.79. The van der Waals surface area contributed by atoms with Crippen molar-refractivity contribution < 1.29 is 4.79 Å². The van der Waals surface area contributed by atoms with Crippen LogP contribution in [0.2, 0.25) is 0 Å². The van der Waals surface area contributed by atoms with Gasteiger partial charge in [-0.1, -0.05) is 24.3 Å². The van der Waals surface area contributed by atoms with E-state index in [4.69, 9.17) is 0 Å². The van der Waals surface area contributed by atoms with E-state index in [-0.39, 0.29) is 11.9 Å². The fourth-order valence-electron chi connectivity index (χ4n) is 2.92. The molecule has 0 saturated carbocycles. The first kappa shape index (κ1) is 13.8. The van der Waals surface area contributed by atoms with Crippen molar-refractivity contribution in [2.75, 3.05) is 0 Å². The molecule has 0 bridgehead atoms. The van der Waals surface area contributed by atoms with E-state index in [1.165, 1.54) is 24.0 Å². The number of carbonyl (C=O) groups excluding carboxylic acids is 1. The van der Waals surface area contributed by atoms with Crippen LogP contribution in [0, 0.1) is 0 Å². The van der Waals surface area contributed by atoms with E-state index < -0.39 is 0 Å². The van der Waals surface area contributed by atoms with Crippen LogP contribution >= 0.6 is 0 Å². The van der Waals surface area contributed by atoms with Crippen molar-refractivity contribution in [3.63, 3.8) is 0 Å². The van der Waals surface area contributed by atoms with Crippen molar-refractivity contribution in [3.05, 3.63) is 65.0 Å². The van der Waals surface area contributed by atoms with Gasteiger partial charge in [-0.25, -0.2) is 0 Å². The summed E-state index contributed by atoms with van der Waals surface area (Å²) in [4.78, 5) is 16.4. The number of hydrogen-bond acceptors (Lipinski definition) is 2. The Morgan fingerprint density at radius 1 is 1.24 bits per heavy atom. The third-order valence-electron chi connectivity index (χ3n) is 4.04. The number of benzene rings is 1. The molecule has 0 aliphatic heterocycles. The highest BCUT2D eigenvalue weighted by atomic mass is 16.1. The topological polar surface area (TPSA) is 42.0 Å². The molecular weight excluding hydrogens is 260 g/mol. The molecule has 0 radical (unpaired) electrons. The summed E-state index contributed by atoms with van der Waals surface area (Å²) < 4.78 is 0. The molecule has 1 N–H and O–H groups in total. The smallest absolute Gasteiger partial charge is 0.224 e. The summed E-state index contributed by atoms with van der Waals surface area (Å²) in [6.07, 6.45) is 5.75. The number of fused-ring (bicyclic) bond motifs is 1. The van der Waals surface area contributed by atoms with Crippen molar-refractivity contribution >= 4 is 5.91 Å². The number of pyridine rings is 1. The monoisotopic (exact) mass is 280 g/mol. The minimum absolute atomic E-state index is 0.0473. The normalized spacial score (nSPS) is 14.5. The fraction of sp³-hybridized carbons (Fsp3) is 0.333. The van der Waals surface area contributed by atoms with Gasteiger partial charge >= 0.3 is 0 Å². The first-order chi connectivity index (χ1) is 10.2. The largest absolute Gasteiger partial charge is 0.348 e. The van der Waals surface area contributed by atoms with Crippen molar-refractivity contribution in [1.29, 1.82) is 0 Å². The average molecular weight is 280 g/mol. The second kappa shape index (κ2) is 6.08. The van der Waals surface area contributed by atoms with Gasteiger partial charge in [0.15, 0.2) is 0 Å². The maximum absolute atomic E-state index is 12.2. The number of hydrogen-bond donors (Lipinski definition) is 1. The number of rotatable bonds is 4. The molecule has 0 saturated heterocycles. The Labute approximate surface area is 125 Å². The summed E-state index contributed by atoms with van der Waals surface area (Å²) in [5, 5.41) is 3.01. The summed E-state index contributed by atoms with van der Waals surface area (Å²) in [7, 11) is 0. The zero-order valence-electron chi connectivity index (χ0n) is 12.3. The summed E-state index contributed by atoms with van der Waals surface area (Å²) in [5.74, 6) is 0.0473. The van der Waals surface area contributed by atoms with Gasteiger partial charge in [-0.15, -0.1) is 0 Å². The molecule has 0 unspecified atom stereocenters. The van der Waals surface area contributed by atoms with E-state index in [2.05, 4.69) is 28.5 Å². The molecule has 1 atom stereocenters. The van der Waals surface area contributed by atoms with Gasteiger partial charge in [0.1, 0.15) is 0 Å². The van der Waals surface area contributed by atoms with Gasteiger partial charge in [0.2, 0.25) is 5.91 Å². The van der Waals surface area contributed by atoms with Gasteiger partial charge in [0.05, 0.1) is 18.2 Å². The van der Waals surface area contributed by atoms with Crippen LogP contribution in [0.1, 0.15) is 41.8 Å². The Bertz CT molecular complexity index is 637. The number of carbonyl (C=O) groups is 1. The third-order valence-corrected chi connectivity index (χ3v) is 4.04. The zero-order valence-corrected chi connectivity index (χ0v) is 12.3. The van der Waals surface area contributed by atoms with Crippen LogP contribution in [0.4, 0.5) is 0 Å². The molecule has 108 valence electrons. The van der Waals surface area contributed by atoms with Crippen LogP contribution in [0.3, 0.4) is 0 Å². The van der Waals surface area contributed by atoms with Crippen LogP contribution in [0.5, 0.6) is 0 Å². The Morgan fingerprint density at radius 3 is 2.90 bits per heavy atom. The Morgan fingerprint density at radius 2 is 2.10 bits per heavy atom. The first-order valence-electron chi connectivity index (χ1n) is 7.53. The lowest BCUT2D eigenvalue weighted by molar-refractivity contribution is -0.121. The lowest BCUT2D eigenvalue weighted by atomic mass is 10.0. The molecule has 1 aliphatic carbocycles. The molecule has 3 rings (SSSR count). The minimum Gasteiger partial charge on any atom is -0.348 e. The molecule has 1 amide bonds. The molecule has 2 aromatic rings. The van der Waals surface area contributed by atoms with E-state index >= 15 is 0 Å². The van der Waals surface area contributed by atoms with Crippen molar-refractivity contribution in [2.45, 2.75) is 38.6 Å². The third kappa shape index (κ3) is 3.30. The lowest BCUT2D eigenvalue weighted by Gasteiger charge is -2.13. The van der Waals surface area contributed by atoms with Crippen LogP contribution in [-0.2, 0) is 24.1 Å². The molecule has 1 aromatic heterocycles. The van der Waals surface area contributed by atoms with E-state index in [0.29, 0.717) is 6.42 Å². The Hall–Kier alpha value is -2.16.